The second-order valence-corrected chi connectivity index (χ2v) is 7.74. The van der Waals surface area contributed by atoms with Gasteiger partial charge in [-0.3, -0.25) is 0 Å². The van der Waals surface area contributed by atoms with Crippen LogP contribution in [0.3, 0.4) is 0 Å². The molecule has 2 rings (SSSR count). The Hall–Kier alpha value is -1.35. The smallest absolute Gasteiger partial charge is 0.337 e. The van der Waals surface area contributed by atoms with Crippen molar-refractivity contribution in [2.45, 2.75) is 77.7 Å². The van der Waals surface area contributed by atoms with Crippen LogP contribution in [0.25, 0.3) is 0 Å². The SMILES string of the molecule is COCC(C(=O)OC(C)(C)C)=C(C1=CCCCC1)C1=CCCCC1. The quantitative estimate of drug-likeness (QED) is 0.508. The lowest BCUT2D eigenvalue weighted by Crippen LogP contribution is -2.27. The molecule has 0 unspecified atom stereocenters. The molecule has 0 amide bonds. The molecule has 0 aliphatic heterocycles. The zero-order valence-electron chi connectivity index (χ0n) is 15.7. The third-order valence-corrected chi connectivity index (χ3v) is 4.46. The van der Waals surface area contributed by atoms with E-state index in [2.05, 4.69) is 12.2 Å². The van der Waals surface area contributed by atoms with E-state index in [1.807, 2.05) is 20.8 Å². The monoisotopic (exact) mass is 332 g/mol. The highest BCUT2D eigenvalue weighted by Gasteiger charge is 2.26. The number of ether oxygens (including phenoxy) is 2. The summed E-state index contributed by atoms with van der Waals surface area (Å²) in [7, 11) is 1.65. The molecule has 0 N–H and O–H groups in total. The number of allylic oxidation sites excluding steroid dienone is 5. The third kappa shape index (κ3) is 5.34. The van der Waals surface area contributed by atoms with E-state index in [1.54, 1.807) is 7.11 Å². The first-order chi connectivity index (χ1) is 11.4. The predicted molar refractivity (Wildman–Crippen MR) is 97.8 cm³/mol. The van der Waals surface area contributed by atoms with Gasteiger partial charge in [0.1, 0.15) is 5.60 Å². The Morgan fingerprint density at radius 1 is 1.00 bits per heavy atom. The fourth-order valence-electron chi connectivity index (χ4n) is 3.44. The Bertz CT molecular complexity index is 516. The molecule has 134 valence electrons. The van der Waals surface area contributed by atoms with Crippen molar-refractivity contribution in [1.29, 1.82) is 0 Å². The summed E-state index contributed by atoms with van der Waals surface area (Å²) in [5, 5.41) is 0. The highest BCUT2D eigenvalue weighted by atomic mass is 16.6. The number of methoxy groups -OCH3 is 1. The molecule has 0 radical (unpaired) electrons. The van der Waals surface area contributed by atoms with Crippen LogP contribution in [0.1, 0.15) is 72.1 Å². The van der Waals surface area contributed by atoms with Gasteiger partial charge in [-0.1, -0.05) is 12.2 Å². The number of hydrogen-bond donors (Lipinski definition) is 0. The molecule has 0 saturated carbocycles. The van der Waals surface area contributed by atoms with Crippen molar-refractivity contribution in [1.82, 2.24) is 0 Å². The van der Waals surface area contributed by atoms with Crippen molar-refractivity contribution >= 4 is 5.97 Å². The largest absolute Gasteiger partial charge is 0.457 e. The molecule has 0 bridgehead atoms. The van der Waals surface area contributed by atoms with Gasteiger partial charge < -0.3 is 9.47 Å². The molecule has 3 heteroatoms. The molecule has 0 aromatic carbocycles. The van der Waals surface area contributed by atoms with E-state index >= 15 is 0 Å². The van der Waals surface area contributed by atoms with E-state index in [0.29, 0.717) is 12.2 Å². The maximum atomic E-state index is 12.9. The standard InChI is InChI=1S/C21H32O3/c1-21(2,3)24-20(22)18(15-23-4)19(16-11-7-5-8-12-16)17-13-9-6-10-14-17/h11,13H,5-10,12,14-15H2,1-4H3. The Balaban J connectivity index is 2.48. The predicted octanol–water partition coefficient (Wildman–Crippen LogP) is 5.27. The van der Waals surface area contributed by atoms with Gasteiger partial charge >= 0.3 is 5.97 Å². The lowest BCUT2D eigenvalue weighted by Gasteiger charge is -2.26. The summed E-state index contributed by atoms with van der Waals surface area (Å²) >= 11 is 0. The summed E-state index contributed by atoms with van der Waals surface area (Å²) in [6, 6.07) is 0. The van der Waals surface area contributed by atoms with E-state index in [0.717, 1.165) is 31.3 Å². The van der Waals surface area contributed by atoms with E-state index in [1.165, 1.54) is 36.8 Å². The van der Waals surface area contributed by atoms with Gasteiger partial charge in [-0.25, -0.2) is 4.79 Å². The van der Waals surface area contributed by atoms with Gasteiger partial charge in [-0.15, -0.1) is 0 Å². The zero-order chi connectivity index (χ0) is 17.6. The van der Waals surface area contributed by atoms with Crippen molar-refractivity contribution in [3.63, 3.8) is 0 Å². The fraction of sp³-hybridized carbons (Fsp3) is 0.667. The van der Waals surface area contributed by atoms with Gasteiger partial charge in [0.25, 0.3) is 0 Å². The molecular formula is C21H32O3. The third-order valence-electron chi connectivity index (χ3n) is 4.46. The van der Waals surface area contributed by atoms with Gasteiger partial charge in [0.2, 0.25) is 0 Å². The molecule has 3 nitrogen and oxygen atoms in total. The summed E-state index contributed by atoms with van der Waals surface area (Å²) in [5.41, 5.74) is 3.93. The van der Waals surface area contributed by atoms with Crippen LogP contribution in [-0.4, -0.2) is 25.3 Å². The zero-order valence-corrected chi connectivity index (χ0v) is 15.7. The first kappa shape index (κ1) is 19.0. The van der Waals surface area contributed by atoms with Crippen LogP contribution in [-0.2, 0) is 14.3 Å². The maximum absolute atomic E-state index is 12.9. The fourth-order valence-corrected chi connectivity index (χ4v) is 3.44. The van der Waals surface area contributed by atoms with E-state index in [-0.39, 0.29) is 5.97 Å². The minimum atomic E-state index is -0.497. The molecule has 2 aliphatic rings. The van der Waals surface area contributed by atoms with Gasteiger partial charge in [0.15, 0.2) is 0 Å². The summed E-state index contributed by atoms with van der Waals surface area (Å²) in [6.45, 7) is 6.04. The van der Waals surface area contributed by atoms with Crippen molar-refractivity contribution in [2.75, 3.05) is 13.7 Å². The number of carbonyl (C=O) groups excluding carboxylic acids is 1. The lowest BCUT2D eigenvalue weighted by molar-refractivity contribution is -0.150. The molecule has 24 heavy (non-hydrogen) atoms. The molecular weight excluding hydrogens is 300 g/mol. The van der Waals surface area contributed by atoms with Gasteiger partial charge in [-0.2, -0.15) is 0 Å². The molecule has 0 spiro atoms. The Labute approximate surface area is 146 Å². The molecule has 0 saturated heterocycles. The Morgan fingerprint density at radius 2 is 1.54 bits per heavy atom. The van der Waals surface area contributed by atoms with E-state index in [4.69, 9.17) is 9.47 Å². The number of rotatable bonds is 5. The second kappa shape index (κ2) is 8.66. The minimum absolute atomic E-state index is 0.239. The highest BCUT2D eigenvalue weighted by Crippen LogP contribution is 2.36. The van der Waals surface area contributed by atoms with Gasteiger partial charge in [-0.05, 0) is 88.9 Å². The van der Waals surface area contributed by atoms with Crippen LogP contribution in [0, 0.1) is 0 Å². The van der Waals surface area contributed by atoms with Crippen LogP contribution in [0.5, 0.6) is 0 Å². The average molecular weight is 332 g/mol. The van der Waals surface area contributed by atoms with Crippen molar-refractivity contribution in [3.8, 4) is 0 Å². The normalized spacial score (nSPS) is 18.5. The highest BCUT2D eigenvalue weighted by molar-refractivity contribution is 5.92. The molecule has 0 aromatic heterocycles. The molecule has 0 atom stereocenters. The topological polar surface area (TPSA) is 35.5 Å². The number of esters is 1. The van der Waals surface area contributed by atoms with Crippen LogP contribution in [0.15, 0.2) is 34.4 Å². The van der Waals surface area contributed by atoms with E-state index in [9.17, 15) is 4.79 Å². The summed E-state index contributed by atoms with van der Waals surface area (Å²) in [4.78, 5) is 12.9. The maximum Gasteiger partial charge on any atom is 0.337 e. The number of carbonyl (C=O) groups is 1. The summed E-state index contributed by atoms with van der Waals surface area (Å²) in [5.74, 6) is -0.239. The first-order valence-electron chi connectivity index (χ1n) is 9.26. The summed E-state index contributed by atoms with van der Waals surface area (Å²) in [6.07, 6.45) is 13.8. The van der Waals surface area contributed by atoms with Gasteiger partial charge in [0.05, 0.1) is 12.2 Å². The number of hydrogen-bond acceptors (Lipinski definition) is 3. The molecule has 0 fully saturated rings. The minimum Gasteiger partial charge on any atom is -0.457 e. The summed E-state index contributed by atoms with van der Waals surface area (Å²) < 4.78 is 11.1. The van der Waals surface area contributed by atoms with Crippen LogP contribution < -0.4 is 0 Å². The Kier molecular flexibility index (Phi) is 6.85. The first-order valence-corrected chi connectivity index (χ1v) is 9.26. The van der Waals surface area contributed by atoms with Crippen molar-refractivity contribution in [3.05, 3.63) is 34.4 Å². The molecule has 0 aromatic rings. The van der Waals surface area contributed by atoms with E-state index < -0.39 is 5.60 Å². The Morgan fingerprint density at radius 3 is 1.92 bits per heavy atom. The lowest BCUT2D eigenvalue weighted by atomic mass is 9.82. The molecule has 2 aliphatic carbocycles. The molecule has 0 heterocycles. The van der Waals surface area contributed by atoms with Crippen LogP contribution in [0.2, 0.25) is 0 Å². The van der Waals surface area contributed by atoms with Crippen molar-refractivity contribution < 1.29 is 14.3 Å². The van der Waals surface area contributed by atoms with Gasteiger partial charge in [0, 0.05) is 7.11 Å². The average Bonchev–Trinajstić information content (AvgIpc) is 2.55. The van der Waals surface area contributed by atoms with Crippen molar-refractivity contribution in [2.24, 2.45) is 0 Å². The van der Waals surface area contributed by atoms with Crippen LogP contribution in [0.4, 0.5) is 0 Å². The van der Waals surface area contributed by atoms with Crippen LogP contribution >= 0.6 is 0 Å². The second-order valence-electron chi connectivity index (χ2n) is 7.74.